The summed E-state index contributed by atoms with van der Waals surface area (Å²) in [4.78, 5) is 29.0. The van der Waals surface area contributed by atoms with E-state index in [9.17, 15) is 18.0 Å². The van der Waals surface area contributed by atoms with Crippen LogP contribution in [0.1, 0.15) is 24.3 Å². The van der Waals surface area contributed by atoms with Gasteiger partial charge in [-0.3, -0.25) is 9.59 Å². The molecule has 10 heteroatoms. The Labute approximate surface area is 217 Å². The molecule has 2 fully saturated rings. The molecule has 2 aromatic carbocycles. The quantitative estimate of drug-likeness (QED) is 0.453. The van der Waals surface area contributed by atoms with Crippen LogP contribution >= 0.6 is 11.6 Å². The monoisotopic (exact) mass is 530 g/mol. The van der Waals surface area contributed by atoms with Crippen LogP contribution in [0.5, 0.6) is 0 Å². The van der Waals surface area contributed by atoms with Gasteiger partial charge in [-0.1, -0.05) is 41.9 Å². The largest absolute Gasteiger partial charge is 0.387 e. The number of rotatable bonds is 8. The second-order valence-electron chi connectivity index (χ2n) is 9.50. The maximum Gasteiger partial charge on any atom is 0.266 e. The predicted molar refractivity (Wildman–Crippen MR) is 140 cm³/mol. The van der Waals surface area contributed by atoms with E-state index in [0.717, 1.165) is 18.5 Å². The smallest absolute Gasteiger partial charge is 0.266 e. The van der Waals surface area contributed by atoms with Gasteiger partial charge < -0.3 is 15.5 Å². The molecule has 0 radical (unpaired) electrons. The zero-order valence-electron chi connectivity index (χ0n) is 20.3. The van der Waals surface area contributed by atoms with Crippen molar-refractivity contribution in [1.29, 1.82) is 0 Å². The molecular weight excluding hydrogens is 500 g/mol. The normalized spacial score (nSPS) is 26.0. The van der Waals surface area contributed by atoms with E-state index >= 15 is 0 Å². The van der Waals surface area contributed by atoms with E-state index in [4.69, 9.17) is 11.6 Å². The van der Waals surface area contributed by atoms with E-state index in [1.165, 1.54) is 6.07 Å². The van der Waals surface area contributed by atoms with Crippen LogP contribution in [0.25, 0.3) is 0 Å². The standard InChI is InChI=1S/C26H31ClN4O4S/c1-4-18-15-26(18,25(33)30-36(34,35)23-8-6-5-7-22(23)28-2)29-24(32)21-16-31(3)14-13-20(21)17-9-11-19(27)12-10-17/h4-12,18,20-21,28H,1,13-16H2,2-3H3,(H,29,32)(H,30,33)/t18-,20+,21-,26-/m1/s1. The lowest BCUT2D eigenvalue weighted by molar-refractivity contribution is -0.133. The van der Waals surface area contributed by atoms with Gasteiger partial charge in [0.15, 0.2) is 0 Å². The van der Waals surface area contributed by atoms with Crippen molar-refractivity contribution in [2.75, 3.05) is 32.5 Å². The summed E-state index contributed by atoms with van der Waals surface area (Å²) in [5, 5.41) is 6.36. The third-order valence-corrected chi connectivity index (χ3v) is 8.82. The lowest BCUT2D eigenvalue weighted by Gasteiger charge is -2.37. The Morgan fingerprint density at radius 3 is 2.50 bits per heavy atom. The Morgan fingerprint density at radius 2 is 1.86 bits per heavy atom. The number of likely N-dealkylation sites (tertiary alicyclic amines) is 1. The molecule has 4 atom stereocenters. The summed E-state index contributed by atoms with van der Waals surface area (Å²) in [5.74, 6) is -1.88. The lowest BCUT2D eigenvalue weighted by atomic mass is 9.80. The van der Waals surface area contributed by atoms with Gasteiger partial charge in [-0.2, -0.15) is 0 Å². The molecule has 2 aromatic rings. The second-order valence-corrected chi connectivity index (χ2v) is 11.6. The summed E-state index contributed by atoms with van der Waals surface area (Å²) in [5.41, 5.74) is 0.0117. The van der Waals surface area contributed by atoms with Gasteiger partial charge in [-0.15, -0.1) is 6.58 Å². The van der Waals surface area contributed by atoms with Gasteiger partial charge in [0.1, 0.15) is 10.4 Å². The molecular formula is C26H31ClN4O4S. The highest BCUT2D eigenvalue weighted by Crippen LogP contribution is 2.46. The fraction of sp³-hybridized carbons (Fsp3) is 0.385. The van der Waals surface area contributed by atoms with Crippen LogP contribution in [-0.4, -0.2) is 57.9 Å². The van der Waals surface area contributed by atoms with Crippen LogP contribution in [-0.2, 0) is 19.6 Å². The average Bonchev–Trinajstić information content (AvgIpc) is 3.58. The molecule has 1 saturated heterocycles. The molecule has 1 aliphatic heterocycles. The zero-order chi connectivity index (χ0) is 26.1. The zero-order valence-corrected chi connectivity index (χ0v) is 21.9. The number of hydrogen-bond acceptors (Lipinski definition) is 6. The van der Waals surface area contributed by atoms with Gasteiger partial charge >= 0.3 is 0 Å². The first-order valence-electron chi connectivity index (χ1n) is 11.8. The third-order valence-electron chi connectivity index (χ3n) is 7.17. The van der Waals surface area contributed by atoms with Crippen molar-refractivity contribution in [2.45, 2.75) is 29.2 Å². The summed E-state index contributed by atoms with van der Waals surface area (Å²) in [6, 6.07) is 13.8. The Balaban J connectivity index is 1.57. The molecule has 0 spiro atoms. The van der Waals surface area contributed by atoms with Crippen molar-refractivity contribution in [1.82, 2.24) is 14.9 Å². The van der Waals surface area contributed by atoms with E-state index < -0.39 is 27.4 Å². The molecule has 2 amide bonds. The molecule has 4 rings (SSSR count). The van der Waals surface area contributed by atoms with Gasteiger partial charge in [-0.05, 0) is 62.2 Å². The number of para-hydroxylation sites is 1. The number of nitrogens with zero attached hydrogens (tertiary/aromatic N) is 1. The number of piperidine rings is 1. The molecule has 192 valence electrons. The maximum atomic E-state index is 13.6. The number of sulfonamides is 1. The number of carbonyl (C=O) groups excluding carboxylic acids is 2. The van der Waals surface area contributed by atoms with E-state index in [-0.39, 0.29) is 29.1 Å². The highest BCUT2D eigenvalue weighted by molar-refractivity contribution is 7.90. The topological polar surface area (TPSA) is 108 Å². The maximum absolute atomic E-state index is 13.6. The molecule has 1 heterocycles. The Bertz CT molecular complexity index is 1270. The van der Waals surface area contributed by atoms with Crippen LogP contribution in [0.4, 0.5) is 5.69 Å². The van der Waals surface area contributed by atoms with Crippen LogP contribution in [0, 0.1) is 11.8 Å². The van der Waals surface area contributed by atoms with Gasteiger partial charge in [0.2, 0.25) is 5.91 Å². The summed E-state index contributed by atoms with van der Waals surface area (Å²) in [6.07, 6.45) is 2.64. The Morgan fingerprint density at radius 1 is 1.17 bits per heavy atom. The minimum Gasteiger partial charge on any atom is -0.387 e. The fourth-order valence-corrected chi connectivity index (χ4v) is 6.39. The fourth-order valence-electron chi connectivity index (χ4n) is 5.01. The van der Waals surface area contributed by atoms with Gasteiger partial charge in [0.25, 0.3) is 15.9 Å². The summed E-state index contributed by atoms with van der Waals surface area (Å²) in [6.45, 7) is 5.13. The molecule has 0 unspecified atom stereocenters. The first kappa shape index (κ1) is 26.2. The minimum absolute atomic E-state index is 0.0464. The second kappa shape index (κ2) is 10.2. The van der Waals surface area contributed by atoms with Crippen molar-refractivity contribution >= 4 is 39.1 Å². The average molecular weight is 531 g/mol. The van der Waals surface area contributed by atoms with Gasteiger partial charge in [-0.25, -0.2) is 13.1 Å². The van der Waals surface area contributed by atoms with Crippen LogP contribution < -0.4 is 15.4 Å². The number of hydrogen-bond donors (Lipinski definition) is 3. The van der Waals surface area contributed by atoms with Crippen LogP contribution in [0.2, 0.25) is 5.02 Å². The number of nitrogens with one attached hydrogen (secondary N) is 3. The molecule has 36 heavy (non-hydrogen) atoms. The van der Waals surface area contributed by atoms with E-state index in [0.29, 0.717) is 17.3 Å². The molecule has 0 bridgehead atoms. The lowest BCUT2D eigenvalue weighted by Crippen LogP contribution is -2.55. The summed E-state index contributed by atoms with van der Waals surface area (Å²) < 4.78 is 28.3. The third kappa shape index (κ3) is 5.14. The SMILES string of the molecule is C=C[C@@H]1C[C@]1(NC(=O)[C@@H]1CN(C)CC[C@H]1c1ccc(Cl)cc1)C(=O)NS(=O)(=O)c1ccccc1NC. The molecule has 2 aliphatic rings. The van der Waals surface area contributed by atoms with Crippen molar-refractivity contribution in [3.05, 3.63) is 71.8 Å². The number of halogens is 1. The highest BCUT2D eigenvalue weighted by Gasteiger charge is 2.61. The number of anilines is 1. The molecule has 0 aromatic heterocycles. The number of amides is 2. The summed E-state index contributed by atoms with van der Waals surface area (Å²) >= 11 is 6.06. The van der Waals surface area contributed by atoms with E-state index in [1.54, 1.807) is 31.3 Å². The van der Waals surface area contributed by atoms with Crippen molar-refractivity contribution in [3.8, 4) is 0 Å². The first-order valence-corrected chi connectivity index (χ1v) is 13.7. The molecule has 3 N–H and O–H groups in total. The molecule has 8 nitrogen and oxygen atoms in total. The Hall–Kier alpha value is -2.88. The van der Waals surface area contributed by atoms with Gasteiger partial charge in [0.05, 0.1) is 11.6 Å². The van der Waals surface area contributed by atoms with Crippen LogP contribution in [0.15, 0.2) is 66.1 Å². The van der Waals surface area contributed by atoms with Crippen molar-refractivity contribution in [2.24, 2.45) is 11.8 Å². The van der Waals surface area contributed by atoms with E-state index in [2.05, 4.69) is 26.8 Å². The van der Waals surface area contributed by atoms with E-state index in [1.807, 2.05) is 31.3 Å². The first-order chi connectivity index (χ1) is 17.1. The van der Waals surface area contributed by atoms with Crippen molar-refractivity contribution < 1.29 is 18.0 Å². The van der Waals surface area contributed by atoms with Crippen LogP contribution in [0.3, 0.4) is 0 Å². The molecule has 1 saturated carbocycles. The number of carbonyl (C=O) groups is 2. The van der Waals surface area contributed by atoms with Crippen molar-refractivity contribution in [3.63, 3.8) is 0 Å². The van der Waals surface area contributed by atoms with Gasteiger partial charge in [0, 0.05) is 24.5 Å². The molecule has 1 aliphatic carbocycles. The Kier molecular flexibility index (Phi) is 7.45. The highest BCUT2D eigenvalue weighted by atomic mass is 35.5. The summed E-state index contributed by atoms with van der Waals surface area (Å²) in [7, 11) is -0.616. The minimum atomic E-state index is -4.17. The predicted octanol–water partition coefficient (Wildman–Crippen LogP) is 2.98. The number of benzene rings is 2.